The average molecular weight is 284 g/mol. The van der Waals surface area contributed by atoms with Crippen molar-refractivity contribution in [1.29, 1.82) is 0 Å². The van der Waals surface area contributed by atoms with Crippen LogP contribution in [0.25, 0.3) is 0 Å². The number of aromatic nitrogens is 3. The van der Waals surface area contributed by atoms with Gasteiger partial charge in [-0.05, 0) is 18.2 Å². The smallest absolute Gasteiger partial charge is 0.246 e. The second-order valence-electron chi connectivity index (χ2n) is 3.82. The van der Waals surface area contributed by atoms with Gasteiger partial charge in [0.25, 0.3) is 0 Å². The van der Waals surface area contributed by atoms with Gasteiger partial charge in [0.1, 0.15) is 12.4 Å². The summed E-state index contributed by atoms with van der Waals surface area (Å²) in [6, 6.07) is 3.79. The number of hydrogen-bond acceptors (Lipinski definition) is 4. The van der Waals surface area contributed by atoms with Crippen LogP contribution in [0.15, 0.2) is 24.4 Å². The Morgan fingerprint density at radius 2 is 2.26 bits per heavy atom. The third-order valence-electron chi connectivity index (χ3n) is 2.25. The lowest BCUT2D eigenvalue weighted by atomic mass is 10.3. The van der Waals surface area contributed by atoms with Crippen LogP contribution < -0.4 is 11.1 Å². The molecular weight excluding hydrogens is 273 g/mol. The maximum atomic E-state index is 13.1. The second kappa shape index (κ2) is 5.77. The zero-order valence-electron chi connectivity index (χ0n) is 9.81. The minimum Gasteiger partial charge on any atom is -0.325 e. The zero-order chi connectivity index (χ0) is 13.8. The predicted octanol–water partition coefficient (Wildman–Crippen LogP) is 1.17. The molecule has 2 aromatic rings. The number of hydrogen-bond donors (Lipinski definition) is 2. The average Bonchev–Trinajstić information content (AvgIpc) is 2.74. The minimum atomic E-state index is -0.519. The molecule has 3 N–H and O–H groups in total. The van der Waals surface area contributed by atoms with Crippen LogP contribution >= 0.6 is 11.6 Å². The third-order valence-corrected chi connectivity index (χ3v) is 2.47. The maximum Gasteiger partial charge on any atom is 0.246 e. The van der Waals surface area contributed by atoms with E-state index in [1.165, 1.54) is 16.8 Å². The summed E-state index contributed by atoms with van der Waals surface area (Å²) in [6.07, 6.45) is 1.57. The molecule has 0 bridgehead atoms. The van der Waals surface area contributed by atoms with E-state index in [9.17, 15) is 9.18 Å². The molecular formula is C11H11ClFN5O. The SMILES string of the molecule is NCc1cn(CC(=O)Nc2cc(F)cc(Cl)c2)nn1. The van der Waals surface area contributed by atoms with Gasteiger partial charge in [-0.1, -0.05) is 16.8 Å². The topological polar surface area (TPSA) is 85.8 Å². The Morgan fingerprint density at radius 3 is 2.89 bits per heavy atom. The summed E-state index contributed by atoms with van der Waals surface area (Å²) < 4.78 is 14.4. The van der Waals surface area contributed by atoms with Crippen molar-refractivity contribution in [2.24, 2.45) is 5.73 Å². The minimum absolute atomic E-state index is 0.0405. The number of carbonyl (C=O) groups is 1. The molecule has 0 radical (unpaired) electrons. The van der Waals surface area contributed by atoms with Gasteiger partial charge in [-0.15, -0.1) is 5.10 Å². The summed E-state index contributed by atoms with van der Waals surface area (Å²) in [5, 5.41) is 10.2. The summed E-state index contributed by atoms with van der Waals surface area (Å²) in [7, 11) is 0. The summed E-state index contributed by atoms with van der Waals surface area (Å²) in [4.78, 5) is 11.7. The van der Waals surface area contributed by atoms with E-state index in [1.54, 1.807) is 6.20 Å². The van der Waals surface area contributed by atoms with Crippen molar-refractivity contribution in [2.45, 2.75) is 13.1 Å². The van der Waals surface area contributed by atoms with Crippen molar-refractivity contribution in [3.05, 3.63) is 40.9 Å². The van der Waals surface area contributed by atoms with Crippen LogP contribution in [0.1, 0.15) is 5.69 Å². The molecule has 0 saturated carbocycles. The van der Waals surface area contributed by atoms with Crippen molar-refractivity contribution >= 4 is 23.2 Å². The number of anilines is 1. The van der Waals surface area contributed by atoms with Crippen LogP contribution in [-0.4, -0.2) is 20.9 Å². The van der Waals surface area contributed by atoms with E-state index in [1.807, 2.05) is 0 Å². The molecule has 0 atom stereocenters. The van der Waals surface area contributed by atoms with Crippen LogP contribution in [0.4, 0.5) is 10.1 Å². The Balaban J connectivity index is 2.00. The number of nitrogens with one attached hydrogen (secondary N) is 1. The van der Waals surface area contributed by atoms with Crippen molar-refractivity contribution in [3.63, 3.8) is 0 Å². The standard InChI is InChI=1S/C11H11ClFN5O/c12-7-1-8(13)3-9(2-7)15-11(19)6-18-5-10(4-14)16-17-18/h1-3,5H,4,6,14H2,(H,15,19). The van der Waals surface area contributed by atoms with Gasteiger partial charge in [-0.3, -0.25) is 4.79 Å². The Morgan fingerprint density at radius 1 is 1.47 bits per heavy atom. The normalized spacial score (nSPS) is 10.5. The fraction of sp³-hybridized carbons (Fsp3) is 0.182. The molecule has 0 aliphatic rings. The molecule has 6 nitrogen and oxygen atoms in total. The molecule has 8 heteroatoms. The Bertz CT molecular complexity index is 580. The fourth-order valence-corrected chi connectivity index (χ4v) is 1.70. The molecule has 0 fully saturated rings. The first-order chi connectivity index (χ1) is 9.06. The molecule has 100 valence electrons. The first-order valence-electron chi connectivity index (χ1n) is 5.42. The largest absolute Gasteiger partial charge is 0.325 e. The number of halogens is 2. The predicted molar refractivity (Wildman–Crippen MR) is 68.0 cm³/mol. The molecule has 1 aromatic heterocycles. The molecule has 2 rings (SSSR count). The number of amides is 1. The molecule has 0 aliphatic heterocycles. The highest BCUT2D eigenvalue weighted by atomic mass is 35.5. The molecule has 0 unspecified atom stereocenters. The van der Waals surface area contributed by atoms with Gasteiger partial charge in [0.15, 0.2) is 0 Å². The lowest BCUT2D eigenvalue weighted by Gasteiger charge is -2.05. The molecule has 19 heavy (non-hydrogen) atoms. The summed E-state index contributed by atoms with van der Waals surface area (Å²) in [5.74, 6) is -0.885. The van der Waals surface area contributed by atoms with Crippen molar-refractivity contribution in [1.82, 2.24) is 15.0 Å². The van der Waals surface area contributed by atoms with E-state index in [0.717, 1.165) is 6.07 Å². The summed E-state index contributed by atoms with van der Waals surface area (Å²) in [5.41, 5.74) is 6.25. The van der Waals surface area contributed by atoms with Gasteiger partial charge >= 0.3 is 0 Å². The van der Waals surface area contributed by atoms with Gasteiger partial charge in [-0.25, -0.2) is 9.07 Å². The highest BCUT2D eigenvalue weighted by molar-refractivity contribution is 6.30. The van der Waals surface area contributed by atoms with E-state index in [-0.39, 0.29) is 29.7 Å². The molecule has 1 heterocycles. The maximum absolute atomic E-state index is 13.1. The van der Waals surface area contributed by atoms with Gasteiger partial charge in [0.2, 0.25) is 5.91 Å². The number of nitrogens with zero attached hydrogens (tertiary/aromatic N) is 3. The number of nitrogens with two attached hydrogens (primary N) is 1. The second-order valence-corrected chi connectivity index (χ2v) is 4.25. The lowest BCUT2D eigenvalue weighted by molar-refractivity contribution is -0.116. The van der Waals surface area contributed by atoms with E-state index in [0.29, 0.717) is 5.69 Å². The molecule has 1 aromatic carbocycles. The molecule has 0 aliphatic carbocycles. The van der Waals surface area contributed by atoms with Crippen molar-refractivity contribution < 1.29 is 9.18 Å². The van der Waals surface area contributed by atoms with Crippen LogP contribution in [0.5, 0.6) is 0 Å². The first-order valence-corrected chi connectivity index (χ1v) is 5.79. The monoisotopic (exact) mass is 283 g/mol. The molecule has 1 amide bonds. The van der Waals surface area contributed by atoms with Gasteiger partial charge in [0.05, 0.1) is 11.9 Å². The highest BCUT2D eigenvalue weighted by Gasteiger charge is 2.07. The van der Waals surface area contributed by atoms with Gasteiger partial charge in [-0.2, -0.15) is 0 Å². The van der Waals surface area contributed by atoms with Crippen LogP contribution in [0.2, 0.25) is 5.02 Å². The number of benzene rings is 1. The lowest BCUT2D eigenvalue weighted by Crippen LogP contribution is -2.19. The van der Waals surface area contributed by atoms with Crippen molar-refractivity contribution in [3.8, 4) is 0 Å². The fourth-order valence-electron chi connectivity index (χ4n) is 1.48. The molecule has 0 saturated heterocycles. The Kier molecular flexibility index (Phi) is 4.08. The summed E-state index contributed by atoms with van der Waals surface area (Å²) in [6.45, 7) is 0.211. The third kappa shape index (κ3) is 3.73. The highest BCUT2D eigenvalue weighted by Crippen LogP contribution is 2.17. The van der Waals surface area contributed by atoms with E-state index < -0.39 is 5.82 Å². The van der Waals surface area contributed by atoms with E-state index >= 15 is 0 Å². The van der Waals surface area contributed by atoms with Crippen LogP contribution in [-0.2, 0) is 17.9 Å². The zero-order valence-corrected chi connectivity index (χ0v) is 10.6. The summed E-state index contributed by atoms with van der Waals surface area (Å²) >= 11 is 5.68. The number of carbonyl (C=O) groups excluding carboxylic acids is 1. The van der Waals surface area contributed by atoms with E-state index in [4.69, 9.17) is 17.3 Å². The molecule has 0 spiro atoms. The van der Waals surface area contributed by atoms with Gasteiger partial charge in [0, 0.05) is 17.3 Å². The van der Waals surface area contributed by atoms with Crippen LogP contribution in [0.3, 0.4) is 0 Å². The number of rotatable bonds is 4. The Hall–Kier alpha value is -1.99. The van der Waals surface area contributed by atoms with E-state index in [2.05, 4.69) is 15.6 Å². The first kappa shape index (κ1) is 13.4. The Labute approximate surface area is 113 Å². The van der Waals surface area contributed by atoms with Crippen LogP contribution in [0, 0.1) is 5.82 Å². The van der Waals surface area contributed by atoms with Crippen molar-refractivity contribution in [2.75, 3.05) is 5.32 Å². The quantitative estimate of drug-likeness (QED) is 0.882. The van der Waals surface area contributed by atoms with Gasteiger partial charge < -0.3 is 11.1 Å².